The maximum absolute atomic E-state index is 3.58. The first kappa shape index (κ1) is 8.57. The molecule has 3 nitrogen and oxygen atoms in total. The minimum atomic E-state index is 0.641. The van der Waals surface area contributed by atoms with E-state index in [2.05, 4.69) is 29.1 Å². The third-order valence-electron chi connectivity index (χ3n) is 3.90. The number of hydrogen-bond acceptors (Lipinski definition) is 2. The van der Waals surface area contributed by atoms with E-state index in [1.165, 1.54) is 31.6 Å². The molecule has 3 heterocycles. The molecular weight excluding hydrogens is 174 g/mol. The lowest BCUT2D eigenvalue weighted by atomic mass is 10.1. The van der Waals surface area contributed by atoms with Crippen molar-refractivity contribution in [2.24, 2.45) is 0 Å². The van der Waals surface area contributed by atoms with E-state index in [9.17, 15) is 0 Å². The topological polar surface area (TPSA) is 27.1 Å². The van der Waals surface area contributed by atoms with Crippen LogP contribution in [0.15, 0.2) is 0 Å². The summed E-state index contributed by atoms with van der Waals surface area (Å²) in [6.45, 7) is 4.58. The maximum atomic E-state index is 3.58. The van der Waals surface area contributed by atoms with Crippen LogP contribution in [0.2, 0.25) is 0 Å². The van der Waals surface area contributed by atoms with Crippen molar-refractivity contribution in [1.82, 2.24) is 10.6 Å². The van der Waals surface area contributed by atoms with Crippen LogP contribution in [0.1, 0.15) is 39.5 Å². The fraction of sp³-hybridized carbons (Fsp3) is 0.909. The van der Waals surface area contributed by atoms with E-state index < -0.39 is 0 Å². The predicted molar refractivity (Wildman–Crippen MR) is 56.5 cm³/mol. The second-order valence-electron chi connectivity index (χ2n) is 5.20. The first-order chi connectivity index (χ1) is 6.74. The monoisotopic (exact) mass is 194 g/mol. The Bertz CT molecular complexity index is 258. The molecule has 0 saturated carbocycles. The van der Waals surface area contributed by atoms with E-state index in [1.54, 1.807) is 0 Å². The van der Waals surface area contributed by atoms with Gasteiger partial charge in [0.2, 0.25) is 0 Å². The molecule has 0 aromatic rings. The molecule has 0 spiro atoms. The fourth-order valence-corrected chi connectivity index (χ4v) is 3.38. The Hall–Kier alpha value is -0.730. The van der Waals surface area contributed by atoms with Crippen molar-refractivity contribution in [2.75, 3.05) is 0 Å². The highest BCUT2D eigenvalue weighted by atomic mass is 15.3. The van der Waals surface area contributed by atoms with Crippen molar-refractivity contribution in [2.45, 2.75) is 63.7 Å². The van der Waals surface area contributed by atoms with Crippen LogP contribution in [0.4, 0.5) is 0 Å². The van der Waals surface area contributed by atoms with Gasteiger partial charge in [-0.25, -0.2) is 0 Å². The normalized spacial score (nSPS) is 45.6. The number of guanidine groups is 1. The van der Waals surface area contributed by atoms with Gasteiger partial charge in [0.15, 0.2) is 0 Å². The Morgan fingerprint density at radius 3 is 2.00 bits per heavy atom. The van der Waals surface area contributed by atoms with Crippen LogP contribution in [-0.4, -0.2) is 34.7 Å². The molecule has 0 radical (unpaired) electrons. The van der Waals surface area contributed by atoms with Crippen LogP contribution in [0.3, 0.4) is 0 Å². The summed E-state index contributed by atoms with van der Waals surface area (Å²) in [6, 6.07) is 2.91. The molecule has 1 saturated heterocycles. The molecule has 3 aliphatic rings. The average molecular weight is 194 g/mol. The molecule has 3 aliphatic heterocycles. The minimum absolute atomic E-state index is 0.641. The summed E-state index contributed by atoms with van der Waals surface area (Å²) in [5.41, 5.74) is 0. The van der Waals surface area contributed by atoms with Crippen molar-refractivity contribution in [3.8, 4) is 0 Å². The summed E-state index contributed by atoms with van der Waals surface area (Å²) in [7, 11) is 0. The van der Waals surface area contributed by atoms with Crippen molar-refractivity contribution in [3.05, 3.63) is 0 Å². The Morgan fingerprint density at radius 1 is 1.00 bits per heavy atom. The van der Waals surface area contributed by atoms with Gasteiger partial charge >= 0.3 is 5.96 Å². The Morgan fingerprint density at radius 2 is 1.50 bits per heavy atom. The summed E-state index contributed by atoms with van der Waals surface area (Å²) in [4.78, 5) is 0. The largest absolute Gasteiger partial charge is 0.346 e. The molecule has 0 amide bonds. The molecule has 0 aliphatic carbocycles. The molecule has 1 fully saturated rings. The van der Waals surface area contributed by atoms with Gasteiger partial charge in [-0.3, -0.25) is 15.2 Å². The molecular formula is C11H20N3+. The molecule has 0 aromatic carbocycles. The second-order valence-corrected chi connectivity index (χ2v) is 5.20. The minimum Gasteiger partial charge on any atom is -0.275 e. The molecule has 3 heteroatoms. The molecule has 2 N–H and O–H groups in total. The molecule has 4 atom stereocenters. The van der Waals surface area contributed by atoms with Crippen LogP contribution in [0, 0.1) is 0 Å². The van der Waals surface area contributed by atoms with Crippen molar-refractivity contribution < 1.29 is 4.58 Å². The zero-order valence-electron chi connectivity index (χ0n) is 9.09. The number of nitrogens with one attached hydrogen (secondary N) is 2. The van der Waals surface area contributed by atoms with E-state index in [1.807, 2.05) is 0 Å². The van der Waals surface area contributed by atoms with Gasteiger partial charge in [0.25, 0.3) is 0 Å². The van der Waals surface area contributed by atoms with E-state index >= 15 is 0 Å². The van der Waals surface area contributed by atoms with Crippen molar-refractivity contribution in [3.63, 3.8) is 0 Å². The van der Waals surface area contributed by atoms with Gasteiger partial charge in [0.05, 0.1) is 24.2 Å². The van der Waals surface area contributed by atoms with Crippen LogP contribution in [-0.2, 0) is 0 Å². The Balaban J connectivity index is 1.97. The highest BCUT2D eigenvalue weighted by Crippen LogP contribution is 2.29. The summed E-state index contributed by atoms with van der Waals surface area (Å²) < 4.78 is 2.61. The third kappa shape index (κ3) is 1.14. The van der Waals surface area contributed by atoms with E-state index in [0.29, 0.717) is 12.1 Å². The molecule has 3 rings (SSSR count). The van der Waals surface area contributed by atoms with Crippen LogP contribution in [0.5, 0.6) is 0 Å². The molecule has 2 unspecified atom stereocenters. The van der Waals surface area contributed by atoms with Gasteiger partial charge in [0, 0.05) is 12.8 Å². The smallest absolute Gasteiger partial charge is 0.275 e. The molecule has 0 aromatic heterocycles. The number of nitrogens with zero attached hydrogens (tertiary/aromatic N) is 1. The Kier molecular flexibility index (Phi) is 1.76. The summed E-state index contributed by atoms with van der Waals surface area (Å²) >= 11 is 0. The maximum Gasteiger partial charge on any atom is 0.346 e. The highest BCUT2D eigenvalue weighted by Gasteiger charge is 2.43. The van der Waals surface area contributed by atoms with E-state index in [0.717, 1.165) is 12.1 Å². The van der Waals surface area contributed by atoms with Crippen molar-refractivity contribution >= 4 is 5.96 Å². The lowest BCUT2D eigenvalue weighted by Gasteiger charge is -2.33. The van der Waals surface area contributed by atoms with Gasteiger partial charge in [-0.05, 0) is 26.7 Å². The first-order valence-electron chi connectivity index (χ1n) is 5.92. The van der Waals surface area contributed by atoms with Gasteiger partial charge in [-0.1, -0.05) is 0 Å². The van der Waals surface area contributed by atoms with E-state index in [4.69, 9.17) is 0 Å². The SMILES string of the molecule is C[C@@H]1CC2CCC3C[C@H](C)NC(=[N+]23)N1. The quantitative estimate of drug-likeness (QED) is 0.554. The van der Waals surface area contributed by atoms with Crippen LogP contribution >= 0.6 is 0 Å². The van der Waals surface area contributed by atoms with Gasteiger partial charge in [0.1, 0.15) is 0 Å². The van der Waals surface area contributed by atoms with Gasteiger partial charge in [-0.2, -0.15) is 0 Å². The number of hydrogen-bond donors (Lipinski definition) is 2. The molecule has 14 heavy (non-hydrogen) atoms. The summed E-state index contributed by atoms with van der Waals surface area (Å²) in [6.07, 6.45) is 5.43. The summed E-state index contributed by atoms with van der Waals surface area (Å²) in [5.74, 6) is 1.31. The van der Waals surface area contributed by atoms with E-state index in [-0.39, 0.29) is 0 Å². The second kappa shape index (κ2) is 2.88. The lowest BCUT2D eigenvalue weighted by molar-refractivity contribution is -0.592. The third-order valence-corrected chi connectivity index (χ3v) is 3.90. The zero-order valence-corrected chi connectivity index (χ0v) is 9.09. The first-order valence-corrected chi connectivity index (χ1v) is 5.92. The van der Waals surface area contributed by atoms with Gasteiger partial charge < -0.3 is 0 Å². The fourth-order valence-electron chi connectivity index (χ4n) is 3.38. The summed E-state index contributed by atoms with van der Waals surface area (Å²) in [5, 5.41) is 7.16. The van der Waals surface area contributed by atoms with Gasteiger partial charge in [-0.15, -0.1) is 0 Å². The highest BCUT2D eigenvalue weighted by molar-refractivity contribution is 5.76. The number of rotatable bonds is 0. The lowest BCUT2D eigenvalue weighted by Crippen LogP contribution is -2.61. The Labute approximate surface area is 85.6 Å². The van der Waals surface area contributed by atoms with Crippen LogP contribution < -0.4 is 10.6 Å². The standard InChI is InChI=1S/C11H19N3/c1-7-5-9-3-4-10-6-8(2)13-11(12-7)14(9)10/h7-10H,3-6H2,1-2H3,(H,12,13)/p+1/t7-,8+,9?,10?. The average Bonchev–Trinajstić information content (AvgIpc) is 2.48. The molecule has 0 bridgehead atoms. The predicted octanol–water partition coefficient (Wildman–Crippen LogP) is 0.649. The zero-order chi connectivity index (χ0) is 9.71. The van der Waals surface area contributed by atoms with Crippen molar-refractivity contribution in [1.29, 1.82) is 0 Å². The molecule has 78 valence electrons. The van der Waals surface area contributed by atoms with Crippen LogP contribution in [0.25, 0.3) is 0 Å².